The van der Waals surface area contributed by atoms with E-state index in [0.29, 0.717) is 6.42 Å². The summed E-state index contributed by atoms with van der Waals surface area (Å²) >= 11 is 0. The first-order valence-corrected chi connectivity index (χ1v) is 7.98. The zero-order valence-electron chi connectivity index (χ0n) is 12.9. The van der Waals surface area contributed by atoms with Gasteiger partial charge in [0.05, 0.1) is 6.61 Å². The Morgan fingerprint density at radius 2 is 1.95 bits per heavy atom. The van der Waals surface area contributed by atoms with Crippen molar-refractivity contribution in [3.05, 3.63) is 29.8 Å². The molecule has 1 fully saturated rings. The maximum absolute atomic E-state index is 12.1. The van der Waals surface area contributed by atoms with Crippen molar-refractivity contribution in [3.8, 4) is 5.75 Å². The topological polar surface area (TPSA) is 41.6 Å². The Labute approximate surface area is 127 Å². The molecule has 1 aliphatic heterocycles. The highest BCUT2D eigenvalue weighted by atomic mass is 16.5. The molecule has 1 aromatic carbocycles. The molecule has 0 amide bonds. The molecular weight excluding hydrogens is 264 g/mol. The minimum Gasteiger partial charge on any atom is -0.494 e. The van der Waals surface area contributed by atoms with Crippen molar-refractivity contribution in [2.24, 2.45) is 0 Å². The fourth-order valence-electron chi connectivity index (χ4n) is 2.50. The Kier molecular flexibility index (Phi) is 6.70. The third kappa shape index (κ3) is 5.48. The average Bonchev–Trinajstić information content (AvgIpc) is 2.54. The minimum atomic E-state index is 0.229. The summed E-state index contributed by atoms with van der Waals surface area (Å²) in [6.07, 6.45) is 2.55. The minimum absolute atomic E-state index is 0.229. The zero-order valence-corrected chi connectivity index (χ0v) is 12.9. The summed E-state index contributed by atoms with van der Waals surface area (Å²) in [7, 11) is 0. The van der Waals surface area contributed by atoms with E-state index in [-0.39, 0.29) is 5.78 Å². The van der Waals surface area contributed by atoms with Crippen molar-refractivity contribution in [2.75, 3.05) is 39.3 Å². The lowest BCUT2D eigenvalue weighted by Gasteiger charge is -2.26. The molecule has 1 N–H and O–H groups in total. The van der Waals surface area contributed by atoms with Crippen LogP contribution in [0.3, 0.4) is 0 Å². The van der Waals surface area contributed by atoms with Gasteiger partial charge in [0, 0.05) is 38.2 Å². The van der Waals surface area contributed by atoms with E-state index in [1.54, 1.807) is 0 Å². The van der Waals surface area contributed by atoms with Gasteiger partial charge in [-0.3, -0.25) is 4.79 Å². The van der Waals surface area contributed by atoms with Crippen molar-refractivity contribution < 1.29 is 9.53 Å². The predicted octanol–water partition coefficient (Wildman–Crippen LogP) is 2.34. The number of hydrogen-bond donors (Lipinski definition) is 1. The van der Waals surface area contributed by atoms with Crippen molar-refractivity contribution in [1.82, 2.24) is 10.2 Å². The molecule has 1 aliphatic rings. The molecule has 0 spiro atoms. The van der Waals surface area contributed by atoms with E-state index < -0.39 is 0 Å². The predicted molar refractivity (Wildman–Crippen MR) is 85.1 cm³/mol. The van der Waals surface area contributed by atoms with Gasteiger partial charge in [-0.15, -0.1) is 0 Å². The SMILES string of the molecule is CCCOc1ccc(C(=O)CCCN2CCNCC2)cc1. The van der Waals surface area contributed by atoms with E-state index in [1.807, 2.05) is 24.3 Å². The first kappa shape index (κ1) is 16.0. The number of piperazine rings is 1. The summed E-state index contributed by atoms with van der Waals surface area (Å²) in [6.45, 7) is 8.13. The van der Waals surface area contributed by atoms with Gasteiger partial charge in [0.1, 0.15) is 5.75 Å². The Morgan fingerprint density at radius 3 is 2.62 bits per heavy atom. The molecule has 4 heteroatoms. The van der Waals surface area contributed by atoms with E-state index in [1.165, 1.54) is 0 Å². The van der Waals surface area contributed by atoms with Crippen LogP contribution in [0.25, 0.3) is 0 Å². The molecule has 1 saturated heterocycles. The maximum atomic E-state index is 12.1. The van der Waals surface area contributed by atoms with Gasteiger partial charge in [-0.2, -0.15) is 0 Å². The summed E-state index contributed by atoms with van der Waals surface area (Å²) in [4.78, 5) is 14.6. The molecule has 0 saturated carbocycles. The van der Waals surface area contributed by atoms with E-state index in [4.69, 9.17) is 4.74 Å². The standard InChI is InChI=1S/C17H26N2O2/c1-2-14-21-16-7-5-15(6-8-16)17(20)4-3-11-19-12-9-18-10-13-19/h5-8,18H,2-4,9-14H2,1H3. The molecule has 0 aliphatic carbocycles. The molecule has 1 aromatic rings. The molecule has 0 aromatic heterocycles. The number of ether oxygens (including phenoxy) is 1. The number of carbonyl (C=O) groups is 1. The molecular formula is C17H26N2O2. The number of hydrogen-bond acceptors (Lipinski definition) is 4. The van der Waals surface area contributed by atoms with E-state index in [9.17, 15) is 4.79 Å². The van der Waals surface area contributed by atoms with Gasteiger partial charge >= 0.3 is 0 Å². The highest BCUT2D eigenvalue weighted by Crippen LogP contribution is 2.14. The van der Waals surface area contributed by atoms with Crippen LogP contribution in [-0.2, 0) is 0 Å². The Bertz CT molecular complexity index is 425. The normalized spacial score (nSPS) is 15.9. The quantitative estimate of drug-likeness (QED) is 0.746. The average molecular weight is 290 g/mol. The van der Waals surface area contributed by atoms with Gasteiger partial charge in [0.2, 0.25) is 0 Å². The second-order valence-corrected chi connectivity index (χ2v) is 5.49. The van der Waals surface area contributed by atoms with Crippen LogP contribution in [0.15, 0.2) is 24.3 Å². The molecule has 0 unspecified atom stereocenters. The number of benzene rings is 1. The van der Waals surface area contributed by atoms with E-state index in [2.05, 4.69) is 17.1 Å². The molecule has 116 valence electrons. The fraction of sp³-hybridized carbons (Fsp3) is 0.588. The van der Waals surface area contributed by atoms with Crippen LogP contribution < -0.4 is 10.1 Å². The number of rotatable bonds is 8. The number of carbonyl (C=O) groups excluding carboxylic acids is 1. The van der Waals surface area contributed by atoms with Gasteiger partial charge < -0.3 is 15.0 Å². The fourth-order valence-corrected chi connectivity index (χ4v) is 2.50. The van der Waals surface area contributed by atoms with Crippen LogP contribution in [-0.4, -0.2) is 50.0 Å². The first-order valence-electron chi connectivity index (χ1n) is 7.98. The lowest BCUT2D eigenvalue weighted by atomic mass is 10.1. The third-order valence-corrected chi connectivity index (χ3v) is 3.74. The smallest absolute Gasteiger partial charge is 0.162 e. The maximum Gasteiger partial charge on any atom is 0.162 e. The monoisotopic (exact) mass is 290 g/mol. The van der Waals surface area contributed by atoms with Crippen LogP contribution in [0.1, 0.15) is 36.5 Å². The molecule has 0 atom stereocenters. The van der Waals surface area contributed by atoms with Crippen LogP contribution in [0, 0.1) is 0 Å². The van der Waals surface area contributed by atoms with Gasteiger partial charge in [-0.05, 0) is 43.7 Å². The van der Waals surface area contributed by atoms with Gasteiger partial charge in [0.15, 0.2) is 5.78 Å². The number of nitrogens with one attached hydrogen (secondary N) is 1. The highest BCUT2D eigenvalue weighted by Gasteiger charge is 2.11. The van der Waals surface area contributed by atoms with Crippen molar-refractivity contribution >= 4 is 5.78 Å². The van der Waals surface area contributed by atoms with Gasteiger partial charge in [-0.25, -0.2) is 0 Å². The molecule has 1 heterocycles. The van der Waals surface area contributed by atoms with Gasteiger partial charge in [-0.1, -0.05) is 6.92 Å². The molecule has 4 nitrogen and oxygen atoms in total. The van der Waals surface area contributed by atoms with E-state index >= 15 is 0 Å². The Hall–Kier alpha value is -1.39. The summed E-state index contributed by atoms with van der Waals surface area (Å²) < 4.78 is 5.53. The van der Waals surface area contributed by atoms with E-state index in [0.717, 1.165) is 63.5 Å². The largest absolute Gasteiger partial charge is 0.494 e. The van der Waals surface area contributed by atoms with Crippen LogP contribution in [0.2, 0.25) is 0 Å². The summed E-state index contributed by atoms with van der Waals surface area (Å²) in [5, 5.41) is 3.34. The zero-order chi connectivity index (χ0) is 14.9. The van der Waals surface area contributed by atoms with Crippen LogP contribution >= 0.6 is 0 Å². The Morgan fingerprint density at radius 1 is 1.24 bits per heavy atom. The Balaban J connectivity index is 1.72. The highest BCUT2D eigenvalue weighted by molar-refractivity contribution is 5.96. The summed E-state index contributed by atoms with van der Waals surface area (Å²) in [6, 6.07) is 7.52. The second kappa shape index (κ2) is 8.80. The molecule has 0 radical (unpaired) electrons. The van der Waals surface area contributed by atoms with Gasteiger partial charge in [0.25, 0.3) is 0 Å². The number of ketones is 1. The third-order valence-electron chi connectivity index (χ3n) is 3.74. The lowest BCUT2D eigenvalue weighted by molar-refractivity contribution is 0.0973. The number of nitrogens with zero attached hydrogens (tertiary/aromatic N) is 1. The molecule has 0 bridgehead atoms. The number of Topliss-reactive ketones (excluding diaryl/α,β-unsaturated/α-hetero) is 1. The first-order chi connectivity index (χ1) is 10.3. The van der Waals surface area contributed by atoms with Crippen molar-refractivity contribution in [3.63, 3.8) is 0 Å². The second-order valence-electron chi connectivity index (χ2n) is 5.49. The molecule has 21 heavy (non-hydrogen) atoms. The van der Waals surface area contributed by atoms with Crippen LogP contribution in [0.4, 0.5) is 0 Å². The molecule has 2 rings (SSSR count). The summed E-state index contributed by atoms with van der Waals surface area (Å²) in [5.74, 6) is 1.07. The van der Waals surface area contributed by atoms with Crippen molar-refractivity contribution in [2.45, 2.75) is 26.2 Å². The van der Waals surface area contributed by atoms with Crippen molar-refractivity contribution in [1.29, 1.82) is 0 Å². The summed E-state index contributed by atoms with van der Waals surface area (Å²) in [5.41, 5.74) is 0.791. The van der Waals surface area contributed by atoms with Crippen LogP contribution in [0.5, 0.6) is 5.75 Å². The lowest BCUT2D eigenvalue weighted by Crippen LogP contribution is -2.43.